The van der Waals surface area contributed by atoms with Gasteiger partial charge in [-0.15, -0.1) is 0 Å². The van der Waals surface area contributed by atoms with Gasteiger partial charge in [0.25, 0.3) is 0 Å². The first-order valence-corrected chi connectivity index (χ1v) is 7.06. The van der Waals surface area contributed by atoms with E-state index in [1.807, 2.05) is 6.07 Å². The quantitative estimate of drug-likeness (QED) is 0.768. The lowest BCUT2D eigenvalue weighted by Gasteiger charge is -2.14. The van der Waals surface area contributed by atoms with E-state index in [1.165, 1.54) is 5.56 Å². The first kappa shape index (κ1) is 15.0. The molecule has 1 aromatic rings. The van der Waals surface area contributed by atoms with Crippen molar-refractivity contribution in [2.75, 3.05) is 6.54 Å². The molecule has 0 aromatic carbocycles. The van der Waals surface area contributed by atoms with Crippen LogP contribution in [-0.4, -0.2) is 17.6 Å². The van der Waals surface area contributed by atoms with Gasteiger partial charge in [-0.25, -0.2) is 4.98 Å². The van der Waals surface area contributed by atoms with Crippen molar-refractivity contribution in [1.29, 1.82) is 0 Å². The Hall–Kier alpha value is -1.09. The standard InChI is InChI=1S/C15H26N2O/c1-5-8-14-9-13(11-16-7-3)10-15(17-14)18-12(4)6-2/h9-10,12,16H,5-8,11H2,1-4H3. The molecule has 1 aromatic heterocycles. The monoisotopic (exact) mass is 250 g/mol. The molecule has 0 spiro atoms. The van der Waals surface area contributed by atoms with Gasteiger partial charge in [-0.05, 0) is 37.9 Å². The summed E-state index contributed by atoms with van der Waals surface area (Å²) in [4.78, 5) is 4.57. The first-order chi connectivity index (χ1) is 8.69. The maximum Gasteiger partial charge on any atom is 0.214 e. The second kappa shape index (κ2) is 8.09. The third-order valence-electron chi connectivity index (χ3n) is 2.90. The molecule has 1 rings (SSSR count). The van der Waals surface area contributed by atoms with E-state index in [2.05, 4.69) is 44.1 Å². The molecule has 0 fully saturated rings. The number of hydrogen-bond donors (Lipinski definition) is 1. The van der Waals surface area contributed by atoms with E-state index in [-0.39, 0.29) is 6.10 Å². The van der Waals surface area contributed by atoms with E-state index in [1.54, 1.807) is 0 Å². The van der Waals surface area contributed by atoms with Crippen LogP contribution in [0.2, 0.25) is 0 Å². The Morgan fingerprint density at radius 3 is 2.67 bits per heavy atom. The third kappa shape index (κ3) is 5.05. The second-order valence-corrected chi connectivity index (χ2v) is 4.67. The molecular formula is C15H26N2O. The minimum Gasteiger partial charge on any atom is -0.475 e. The smallest absolute Gasteiger partial charge is 0.214 e. The topological polar surface area (TPSA) is 34.1 Å². The molecule has 0 radical (unpaired) electrons. The van der Waals surface area contributed by atoms with Crippen molar-refractivity contribution in [3.05, 3.63) is 23.4 Å². The van der Waals surface area contributed by atoms with Crippen LogP contribution in [0.15, 0.2) is 12.1 Å². The summed E-state index contributed by atoms with van der Waals surface area (Å²) in [5.74, 6) is 0.767. The molecule has 1 atom stereocenters. The number of pyridine rings is 1. The van der Waals surface area contributed by atoms with Gasteiger partial charge < -0.3 is 10.1 Å². The fourth-order valence-corrected chi connectivity index (χ4v) is 1.73. The van der Waals surface area contributed by atoms with Gasteiger partial charge in [-0.1, -0.05) is 27.2 Å². The van der Waals surface area contributed by atoms with E-state index in [9.17, 15) is 0 Å². The Balaban J connectivity index is 2.83. The Kier molecular flexibility index (Phi) is 6.73. The minimum atomic E-state index is 0.223. The van der Waals surface area contributed by atoms with Crippen molar-refractivity contribution >= 4 is 0 Å². The molecule has 102 valence electrons. The number of aryl methyl sites for hydroxylation is 1. The molecule has 3 heteroatoms. The Morgan fingerprint density at radius 2 is 2.06 bits per heavy atom. The molecule has 0 bridgehead atoms. The Bertz CT molecular complexity index is 352. The van der Waals surface area contributed by atoms with Crippen LogP contribution in [0.1, 0.15) is 51.8 Å². The fourth-order valence-electron chi connectivity index (χ4n) is 1.73. The van der Waals surface area contributed by atoms with E-state index in [0.29, 0.717) is 0 Å². The number of rotatable bonds is 8. The average molecular weight is 250 g/mol. The van der Waals surface area contributed by atoms with E-state index < -0.39 is 0 Å². The number of nitrogens with one attached hydrogen (secondary N) is 1. The lowest BCUT2D eigenvalue weighted by atomic mass is 10.1. The number of aromatic nitrogens is 1. The average Bonchev–Trinajstić information content (AvgIpc) is 2.36. The van der Waals surface area contributed by atoms with Crippen molar-refractivity contribution in [1.82, 2.24) is 10.3 Å². The SMILES string of the molecule is CCCc1cc(CNCC)cc(OC(C)CC)n1. The molecule has 1 N–H and O–H groups in total. The molecule has 0 aliphatic rings. The van der Waals surface area contributed by atoms with Gasteiger partial charge >= 0.3 is 0 Å². The van der Waals surface area contributed by atoms with Crippen molar-refractivity contribution in [2.24, 2.45) is 0 Å². The van der Waals surface area contributed by atoms with Crippen LogP contribution in [0.4, 0.5) is 0 Å². The predicted molar refractivity (Wildman–Crippen MR) is 76.0 cm³/mol. The van der Waals surface area contributed by atoms with Gasteiger partial charge in [0.15, 0.2) is 0 Å². The van der Waals surface area contributed by atoms with Crippen molar-refractivity contribution < 1.29 is 4.74 Å². The normalized spacial score (nSPS) is 12.4. The van der Waals surface area contributed by atoms with Crippen LogP contribution < -0.4 is 10.1 Å². The van der Waals surface area contributed by atoms with Crippen LogP contribution in [0, 0.1) is 0 Å². The summed E-state index contributed by atoms with van der Waals surface area (Å²) in [5.41, 5.74) is 2.39. The maximum atomic E-state index is 5.83. The van der Waals surface area contributed by atoms with Gasteiger partial charge in [-0.3, -0.25) is 0 Å². The molecule has 1 unspecified atom stereocenters. The molecule has 0 aliphatic heterocycles. The lowest BCUT2D eigenvalue weighted by molar-refractivity contribution is 0.208. The zero-order valence-electron chi connectivity index (χ0n) is 12.1. The van der Waals surface area contributed by atoms with Gasteiger partial charge in [-0.2, -0.15) is 0 Å². The number of ether oxygens (including phenoxy) is 1. The Morgan fingerprint density at radius 1 is 1.28 bits per heavy atom. The van der Waals surface area contributed by atoms with Crippen LogP contribution in [-0.2, 0) is 13.0 Å². The fraction of sp³-hybridized carbons (Fsp3) is 0.667. The van der Waals surface area contributed by atoms with E-state index in [0.717, 1.165) is 43.9 Å². The van der Waals surface area contributed by atoms with Crippen LogP contribution in [0.3, 0.4) is 0 Å². The maximum absolute atomic E-state index is 5.83. The largest absolute Gasteiger partial charge is 0.475 e. The number of nitrogens with zero attached hydrogens (tertiary/aromatic N) is 1. The molecular weight excluding hydrogens is 224 g/mol. The van der Waals surface area contributed by atoms with Crippen molar-refractivity contribution in [3.63, 3.8) is 0 Å². The molecule has 0 aliphatic carbocycles. The van der Waals surface area contributed by atoms with Gasteiger partial charge in [0.1, 0.15) is 0 Å². The highest BCUT2D eigenvalue weighted by Crippen LogP contribution is 2.16. The van der Waals surface area contributed by atoms with Gasteiger partial charge in [0, 0.05) is 18.3 Å². The minimum absolute atomic E-state index is 0.223. The molecule has 1 heterocycles. The van der Waals surface area contributed by atoms with E-state index >= 15 is 0 Å². The summed E-state index contributed by atoms with van der Waals surface area (Å²) in [7, 11) is 0. The summed E-state index contributed by atoms with van der Waals surface area (Å²) in [6.07, 6.45) is 3.35. The number of hydrogen-bond acceptors (Lipinski definition) is 3. The summed E-state index contributed by atoms with van der Waals surface area (Å²) in [6, 6.07) is 4.23. The molecule has 3 nitrogen and oxygen atoms in total. The highest BCUT2D eigenvalue weighted by Gasteiger charge is 2.06. The second-order valence-electron chi connectivity index (χ2n) is 4.67. The molecule has 0 saturated carbocycles. The Labute approximate surface area is 111 Å². The predicted octanol–water partition coefficient (Wildman–Crippen LogP) is 3.32. The zero-order chi connectivity index (χ0) is 13.4. The summed E-state index contributed by atoms with van der Waals surface area (Å²) in [6.45, 7) is 10.4. The van der Waals surface area contributed by atoms with Crippen LogP contribution in [0.25, 0.3) is 0 Å². The summed E-state index contributed by atoms with van der Waals surface area (Å²) >= 11 is 0. The highest BCUT2D eigenvalue weighted by atomic mass is 16.5. The molecule has 18 heavy (non-hydrogen) atoms. The third-order valence-corrected chi connectivity index (χ3v) is 2.90. The molecule has 0 amide bonds. The highest BCUT2D eigenvalue weighted by molar-refractivity contribution is 5.25. The van der Waals surface area contributed by atoms with Crippen LogP contribution >= 0.6 is 0 Å². The van der Waals surface area contributed by atoms with E-state index in [4.69, 9.17) is 4.74 Å². The lowest BCUT2D eigenvalue weighted by Crippen LogP contribution is -2.14. The van der Waals surface area contributed by atoms with Crippen LogP contribution in [0.5, 0.6) is 5.88 Å². The first-order valence-electron chi connectivity index (χ1n) is 7.06. The van der Waals surface area contributed by atoms with Gasteiger partial charge in [0.05, 0.1) is 6.10 Å². The van der Waals surface area contributed by atoms with Crippen molar-refractivity contribution in [2.45, 2.75) is 59.6 Å². The van der Waals surface area contributed by atoms with Gasteiger partial charge in [0.2, 0.25) is 5.88 Å². The molecule has 0 saturated heterocycles. The van der Waals surface area contributed by atoms with Crippen molar-refractivity contribution in [3.8, 4) is 5.88 Å². The summed E-state index contributed by atoms with van der Waals surface area (Å²) < 4.78 is 5.83. The zero-order valence-corrected chi connectivity index (χ0v) is 12.1. The summed E-state index contributed by atoms with van der Waals surface area (Å²) in [5, 5.41) is 3.35.